The molecule has 2 rings (SSSR count). The molecule has 112 valence electrons. The molecule has 2 N–H and O–H groups in total. The van der Waals surface area contributed by atoms with Gasteiger partial charge in [-0.1, -0.05) is 6.92 Å². The van der Waals surface area contributed by atoms with Crippen LogP contribution in [0.1, 0.15) is 13.3 Å². The van der Waals surface area contributed by atoms with Gasteiger partial charge in [-0.25, -0.2) is 4.79 Å². The van der Waals surface area contributed by atoms with Crippen LogP contribution in [-0.2, 0) is 0 Å². The summed E-state index contributed by atoms with van der Waals surface area (Å²) in [4.78, 5) is 24.9. The molecule has 0 bridgehead atoms. The van der Waals surface area contributed by atoms with Crippen LogP contribution in [-0.4, -0.2) is 29.2 Å². The average molecular weight is 289 g/mol. The summed E-state index contributed by atoms with van der Waals surface area (Å²) in [6, 6.07) is 8.48. The molecule has 0 atom stereocenters. The first kappa shape index (κ1) is 15.1. The SMILES string of the molecule is CCNCCCOc1ccc(-n2ccc(=O)[nH]c2=O)cc1. The maximum absolute atomic E-state index is 11.7. The highest BCUT2D eigenvalue weighted by Crippen LogP contribution is 2.14. The predicted octanol–water partition coefficient (Wildman–Crippen LogP) is 0.904. The highest BCUT2D eigenvalue weighted by Gasteiger charge is 2.01. The first-order valence-electron chi connectivity index (χ1n) is 6.96. The monoisotopic (exact) mass is 289 g/mol. The van der Waals surface area contributed by atoms with Crippen LogP contribution in [0.15, 0.2) is 46.1 Å². The molecule has 1 heterocycles. The molecule has 1 aromatic heterocycles. The van der Waals surface area contributed by atoms with Crippen LogP contribution < -0.4 is 21.3 Å². The van der Waals surface area contributed by atoms with Crippen LogP contribution in [0, 0.1) is 0 Å². The van der Waals surface area contributed by atoms with Crippen molar-refractivity contribution in [3.05, 3.63) is 57.4 Å². The Balaban J connectivity index is 1.98. The third-order valence-corrected chi connectivity index (χ3v) is 2.96. The van der Waals surface area contributed by atoms with E-state index in [1.807, 2.05) is 0 Å². The third kappa shape index (κ3) is 4.32. The van der Waals surface area contributed by atoms with Crippen molar-refractivity contribution in [1.82, 2.24) is 14.9 Å². The van der Waals surface area contributed by atoms with Gasteiger partial charge in [0, 0.05) is 12.3 Å². The molecule has 6 heteroatoms. The van der Waals surface area contributed by atoms with Gasteiger partial charge in [-0.3, -0.25) is 14.3 Å². The van der Waals surface area contributed by atoms with Gasteiger partial charge in [-0.2, -0.15) is 0 Å². The molecule has 1 aromatic carbocycles. The lowest BCUT2D eigenvalue weighted by atomic mass is 10.3. The molecule has 6 nitrogen and oxygen atoms in total. The van der Waals surface area contributed by atoms with E-state index in [9.17, 15) is 9.59 Å². The largest absolute Gasteiger partial charge is 0.494 e. The molecule has 0 aliphatic carbocycles. The van der Waals surface area contributed by atoms with Gasteiger partial charge in [-0.05, 0) is 43.8 Å². The summed E-state index contributed by atoms with van der Waals surface area (Å²) < 4.78 is 6.98. The molecule has 0 radical (unpaired) electrons. The fraction of sp³-hybridized carbons (Fsp3) is 0.333. The van der Waals surface area contributed by atoms with E-state index in [0.717, 1.165) is 25.3 Å². The number of nitrogens with one attached hydrogen (secondary N) is 2. The molecule has 0 aliphatic heterocycles. The van der Waals surface area contributed by atoms with Gasteiger partial charge >= 0.3 is 5.69 Å². The quantitative estimate of drug-likeness (QED) is 0.743. The Kier molecular flexibility index (Phi) is 5.34. The van der Waals surface area contributed by atoms with E-state index < -0.39 is 11.2 Å². The molecule has 0 unspecified atom stereocenters. The highest BCUT2D eigenvalue weighted by molar-refractivity contribution is 5.37. The van der Waals surface area contributed by atoms with E-state index in [0.29, 0.717) is 12.3 Å². The Hall–Kier alpha value is -2.34. The first-order chi connectivity index (χ1) is 10.2. The fourth-order valence-electron chi connectivity index (χ4n) is 1.89. The van der Waals surface area contributed by atoms with E-state index in [-0.39, 0.29) is 0 Å². The van der Waals surface area contributed by atoms with E-state index >= 15 is 0 Å². The Morgan fingerprint density at radius 3 is 2.62 bits per heavy atom. The van der Waals surface area contributed by atoms with E-state index in [1.165, 1.54) is 16.8 Å². The maximum atomic E-state index is 11.7. The van der Waals surface area contributed by atoms with E-state index in [4.69, 9.17) is 4.74 Å². The predicted molar refractivity (Wildman–Crippen MR) is 81.3 cm³/mol. The normalized spacial score (nSPS) is 10.5. The van der Waals surface area contributed by atoms with Crippen molar-refractivity contribution in [2.24, 2.45) is 0 Å². The van der Waals surface area contributed by atoms with Crippen molar-refractivity contribution in [2.75, 3.05) is 19.7 Å². The smallest absolute Gasteiger partial charge is 0.332 e. The minimum absolute atomic E-state index is 0.406. The van der Waals surface area contributed by atoms with Gasteiger partial charge < -0.3 is 10.1 Å². The number of hydrogen-bond donors (Lipinski definition) is 2. The van der Waals surface area contributed by atoms with Crippen molar-refractivity contribution in [2.45, 2.75) is 13.3 Å². The first-order valence-corrected chi connectivity index (χ1v) is 6.96. The molecule has 0 saturated carbocycles. The van der Waals surface area contributed by atoms with Gasteiger partial charge in [0.05, 0.1) is 12.3 Å². The van der Waals surface area contributed by atoms with Crippen LogP contribution in [0.25, 0.3) is 5.69 Å². The summed E-state index contributed by atoms with van der Waals surface area (Å²) in [5, 5.41) is 3.23. The van der Waals surface area contributed by atoms with Gasteiger partial charge in [0.25, 0.3) is 5.56 Å². The molecule has 0 saturated heterocycles. The summed E-state index contributed by atoms with van der Waals surface area (Å²) in [7, 11) is 0. The lowest BCUT2D eigenvalue weighted by molar-refractivity contribution is 0.308. The number of benzene rings is 1. The van der Waals surface area contributed by atoms with Crippen LogP contribution in [0.4, 0.5) is 0 Å². The molecule has 0 fully saturated rings. The Morgan fingerprint density at radius 2 is 1.95 bits per heavy atom. The maximum Gasteiger partial charge on any atom is 0.332 e. The second-order valence-corrected chi connectivity index (χ2v) is 4.53. The second-order valence-electron chi connectivity index (χ2n) is 4.53. The van der Waals surface area contributed by atoms with Crippen molar-refractivity contribution in [3.8, 4) is 11.4 Å². The van der Waals surface area contributed by atoms with Gasteiger partial charge in [-0.15, -0.1) is 0 Å². The number of aromatic nitrogens is 2. The standard InChI is InChI=1S/C15H19N3O3/c1-2-16-9-3-11-21-13-6-4-12(5-7-13)18-10-8-14(19)17-15(18)20/h4-8,10,16H,2-3,9,11H2,1H3,(H,17,19,20). The summed E-state index contributed by atoms with van der Waals surface area (Å²) in [6.07, 6.45) is 2.39. The molecule has 0 spiro atoms. The van der Waals surface area contributed by atoms with Gasteiger partial charge in [0.15, 0.2) is 0 Å². The van der Waals surface area contributed by atoms with Crippen LogP contribution in [0.2, 0.25) is 0 Å². The topological polar surface area (TPSA) is 76.1 Å². The lowest BCUT2D eigenvalue weighted by Gasteiger charge is -2.08. The summed E-state index contributed by atoms with van der Waals surface area (Å²) in [5.74, 6) is 0.757. The zero-order valence-corrected chi connectivity index (χ0v) is 12.0. The molecule has 0 aliphatic rings. The van der Waals surface area contributed by atoms with Crippen LogP contribution in [0.5, 0.6) is 5.75 Å². The number of hydrogen-bond acceptors (Lipinski definition) is 4. The van der Waals surface area contributed by atoms with Crippen molar-refractivity contribution in [1.29, 1.82) is 0 Å². The molecule has 21 heavy (non-hydrogen) atoms. The molecule has 2 aromatic rings. The molecule has 0 amide bonds. The van der Waals surface area contributed by atoms with Gasteiger partial charge in [0.1, 0.15) is 5.75 Å². The van der Waals surface area contributed by atoms with Gasteiger partial charge in [0.2, 0.25) is 0 Å². The zero-order valence-electron chi connectivity index (χ0n) is 12.0. The van der Waals surface area contributed by atoms with Crippen molar-refractivity contribution >= 4 is 0 Å². The highest BCUT2D eigenvalue weighted by atomic mass is 16.5. The van der Waals surface area contributed by atoms with Crippen molar-refractivity contribution in [3.63, 3.8) is 0 Å². The summed E-state index contributed by atoms with van der Waals surface area (Å²) in [5.41, 5.74) is -0.185. The molecular weight excluding hydrogens is 270 g/mol. The number of nitrogens with zero attached hydrogens (tertiary/aromatic N) is 1. The number of H-pyrrole nitrogens is 1. The Labute approximate surface area is 122 Å². The third-order valence-electron chi connectivity index (χ3n) is 2.96. The average Bonchev–Trinajstić information content (AvgIpc) is 2.48. The fourth-order valence-corrected chi connectivity index (χ4v) is 1.89. The number of aromatic amines is 1. The van der Waals surface area contributed by atoms with E-state index in [2.05, 4.69) is 17.2 Å². The Morgan fingerprint density at radius 1 is 1.19 bits per heavy atom. The lowest BCUT2D eigenvalue weighted by Crippen LogP contribution is -2.27. The van der Waals surface area contributed by atoms with Crippen molar-refractivity contribution < 1.29 is 4.74 Å². The Bertz CT molecular complexity index is 674. The van der Waals surface area contributed by atoms with Crippen LogP contribution in [0.3, 0.4) is 0 Å². The summed E-state index contributed by atoms with van der Waals surface area (Å²) >= 11 is 0. The van der Waals surface area contributed by atoms with Crippen LogP contribution >= 0.6 is 0 Å². The molecular formula is C15H19N3O3. The minimum Gasteiger partial charge on any atom is -0.494 e. The zero-order chi connectivity index (χ0) is 15.1. The number of rotatable bonds is 7. The number of ether oxygens (including phenoxy) is 1. The minimum atomic E-state index is -0.457. The van der Waals surface area contributed by atoms with E-state index in [1.54, 1.807) is 24.3 Å². The summed E-state index contributed by atoms with van der Waals surface area (Å²) in [6.45, 7) is 4.60. The second kappa shape index (κ2) is 7.44.